The lowest BCUT2D eigenvalue weighted by Crippen LogP contribution is -2.49. The first-order valence-electron chi connectivity index (χ1n) is 3.16. The number of carbonyl (C=O) groups is 3. The van der Waals surface area contributed by atoms with Gasteiger partial charge in [-0.05, 0) is 0 Å². The molecule has 74 valence electrons. The summed E-state index contributed by atoms with van der Waals surface area (Å²) in [6, 6.07) is 0. The highest BCUT2D eigenvalue weighted by Crippen LogP contribution is 2.12. The van der Waals surface area contributed by atoms with Gasteiger partial charge in [-0.1, -0.05) is 0 Å². The minimum Gasteiger partial charge on any atom is -0.481 e. The van der Waals surface area contributed by atoms with Gasteiger partial charge in [0, 0.05) is 0 Å². The Morgan fingerprint density at radius 2 is 1.62 bits per heavy atom. The van der Waals surface area contributed by atoms with Crippen molar-refractivity contribution in [2.75, 3.05) is 6.61 Å². The molecule has 0 amide bonds. The Hall–Kier alpha value is -1.47. The minimum atomic E-state index is -3.04. The lowest BCUT2D eigenvalue weighted by atomic mass is 9.95. The van der Waals surface area contributed by atoms with Crippen LogP contribution >= 0.6 is 0 Å². The second kappa shape index (κ2) is 3.97. The van der Waals surface area contributed by atoms with Gasteiger partial charge in [-0.25, -0.2) is 4.79 Å². The van der Waals surface area contributed by atoms with E-state index in [1.807, 2.05) is 0 Å². The van der Waals surface area contributed by atoms with Crippen molar-refractivity contribution in [3.8, 4) is 0 Å². The number of carbonyl (C=O) groups excluding carboxylic acids is 1. The van der Waals surface area contributed by atoms with Crippen molar-refractivity contribution in [1.29, 1.82) is 0 Å². The van der Waals surface area contributed by atoms with Gasteiger partial charge in [0.15, 0.2) is 0 Å². The summed E-state index contributed by atoms with van der Waals surface area (Å²) >= 11 is 0. The van der Waals surface area contributed by atoms with Gasteiger partial charge in [0.25, 0.3) is 0 Å². The molecule has 0 spiro atoms. The zero-order chi connectivity index (χ0) is 10.6. The predicted octanol–water partition coefficient (Wildman–Crippen LogP) is -2.16. The first-order valence-corrected chi connectivity index (χ1v) is 3.16. The fourth-order valence-electron chi connectivity index (χ4n) is 0.643. The topological polar surface area (TPSA) is 132 Å². The van der Waals surface area contributed by atoms with Gasteiger partial charge in [0.05, 0.1) is 6.42 Å². The zero-order valence-electron chi connectivity index (χ0n) is 6.43. The van der Waals surface area contributed by atoms with Crippen LogP contribution < -0.4 is 0 Å². The SMILES string of the molecule is O=C(O)CC(O)(C(=O)O)C(=O)CO. The molecule has 7 heteroatoms. The van der Waals surface area contributed by atoms with Crippen LogP contribution in [-0.2, 0) is 14.4 Å². The number of aliphatic hydroxyl groups is 2. The number of aliphatic carboxylic acids is 2. The lowest BCUT2D eigenvalue weighted by Gasteiger charge is -2.17. The van der Waals surface area contributed by atoms with Crippen molar-refractivity contribution in [2.45, 2.75) is 12.0 Å². The molecule has 1 atom stereocenters. The Morgan fingerprint density at radius 3 is 1.85 bits per heavy atom. The fraction of sp³-hybridized carbons (Fsp3) is 0.500. The molecular formula is C6H8O7. The molecule has 0 rings (SSSR count). The molecule has 0 aliphatic rings. The van der Waals surface area contributed by atoms with Crippen molar-refractivity contribution < 1.29 is 34.8 Å². The number of carboxylic acid groups (broad SMARTS) is 2. The van der Waals surface area contributed by atoms with Gasteiger partial charge in [0.1, 0.15) is 6.61 Å². The number of carboxylic acids is 2. The first-order chi connectivity index (χ1) is 5.84. The van der Waals surface area contributed by atoms with Gasteiger partial charge in [-0.3, -0.25) is 9.59 Å². The van der Waals surface area contributed by atoms with Crippen molar-refractivity contribution in [3.05, 3.63) is 0 Å². The summed E-state index contributed by atoms with van der Waals surface area (Å²) in [5.74, 6) is -5.09. The molecule has 0 aliphatic carbocycles. The van der Waals surface area contributed by atoms with Crippen molar-refractivity contribution in [2.24, 2.45) is 0 Å². The summed E-state index contributed by atoms with van der Waals surface area (Å²) in [7, 11) is 0. The number of rotatable bonds is 5. The molecule has 0 aliphatic heterocycles. The van der Waals surface area contributed by atoms with Crippen LogP contribution in [0.3, 0.4) is 0 Å². The van der Waals surface area contributed by atoms with E-state index in [0.717, 1.165) is 0 Å². The third kappa shape index (κ3) is 2.49. The molecule has 0 radical (unpaired) electrons. The number of hydrogen-bond donors (Lipinski definition) is 4. The van der Waals surface area contributed by atoms with Crippen LogP contribution in [0.4, 0.5) is 0 Å². The molecule has 7 nitrogen and oxygen atoms in total. The van der Waals surface area contributed by atoms with E-state index in [-0.39, 0.29) is 0 Å². The Morgan fingerprint density at radius 1 is 1.15 bits per heavy atom. The second-order valence-corrected chi connectivity index (χ2v) is 2.32. The fourth-order valence-corrected chi connectivity index (χ4v) is 0.643. The maximum absolute atomic E-state index is 10.7. The molecule has 1 unspecified atom stereocenters. The molecule has 0 saturated heterocycles. The molecule has 0 aromatic heterocycles. The van der Waals surface area contributed by atoms with Crippen LogP contribution in [0.25, 0.3) is 0 Å². The molecule has 0 fully saturated rings. The highest BCUT2D eigenvalue weighted by atomic mass is 16.4. The van der Waals surface area contributed by atoms with E-state index in [0.29, 0.717) is 0 Å². The Balaban J connectivity index is 4.83. The third-order valence-corrected chi connectivity index (χ3v) is 1.37. The average Bonchev–Trinajstić information content (AvgIpc) is 2.01. The molecule has 0 heterocycles. The molecule has 0 saturated carbocycles. The standard InChI is InChI=1S/C6H8O7/c7-2-3(8)6(13,5(11)12)1-4(9)10/h7,13H,1-2H2,(H,9,10)(H,11,12). The van der Waals surface area contributed by atoms with Crippen molar-refractivity contribution in [3.63, 3.8) is 0 Å². The van der Waals surface area contributed by atoms with Crippen molar-refractivity contribution in [1.82, 2.24) is 0 Å². The van der Waals surface area contributed by atoms with Crippen LogP contribution in [0.5, 0.6) is 0 Å². The van der Waals surface area contributed by atoms with E-state index in [9.17, 15) is 14.4 Å². The average molecular weight is 192 g/mol. The van der Waals surface area contributed by atoms with Gasteiger partial charge in [-0.2, -0.15) is 0 Å². The number of aliphatic hydroxyl groups excluding tert-OH is 1. The molecule has 0 aromatic rings. The predicted molar refractivity (Wildman–Crippen MR) is 36.9 cm³/mol. The molecular weight excluding hydrogens is 184 g/mol. The normalized spacial score (nSPS) is 14.6. The highest BCUT2D eigenvalue weighted by molar-refractivity contribution is 6.09. The Bertz CT molecular complexity index is 245. The van der Waals surface area contributed by atoms with Gasteiger partial charge in [0.2, 0.25) is 11.4 Å². The number of hydrogen-bond acceptors (Lipinski definition) is 5. The lowest BCUT2D eigenvalue weighted by molar-refractivity contribution is -0.172. The summed E-state index contributed by atoms with van der Waals surface area (Å²) < 4.78 is 0. The van der Waals surface area contributed by atoms with Crippen LogP contribution in [0.15, 0.2) is 0 Å². The van der Waals surface area contributed by atoms with E-state index < -0.39 is 36.4 Å². The quantitative estimate of drug-likeness (QED) is 0.364. The zero-order valence-corrected chi connectivity index (χ0v) is 6.43. The van der Waals surface area contributed by atoms with Crippen LogP contribution in [0, 0.1) is 0 Å². The van der Waals surface area contributed by atoms with Gasteiger partial charge in [-0.15, -0.1) is 0 Å². The van der Waals surface area contributed by atoms with Gasteiger partial charge < -0.3 is 20.4 Å². The Labute approximate surface area is 72.2 Å². The summed E-state index contributed by atoms with van der Waals surface area (Å²) in [6.45, 7) is -1.23. The molecule has 0 aromatic carbocycles. The van der Waals surface area contributed by atoms with Crippen molar-refractivity contribution >= 4 is 17.7 Å². The molecule has 4 N–H and O–H groups in total. The summed E-state index contributed by atoms with van der Waals surface area (Å²) in [6.07, 6.45) is -1.28. The maximum Gasteiger partial charge on any atom is 0.344 e. The van der Waals surface area contributed by atoms with Crippen LogP contribution in [0.2, 0.25) is 0 Å². The smallest absolute Gasteiger partial charge is 0.344 e. The first kappa shape index (κ1) is 11.5. The molecule has 13 heavy (non-hydrogen) atoms. The largest absolute Gasteiger partial charge is 0.481 e. The molecule has 0 bridgehead atoms. The summed E-state index contributed by atoms with van der Waals surface area (Å²) in [5.41, 5.74) is -3.04. The summed E-state index contributed by atoms with van der Waals surface area (Å²) in [4.78, 5) is 31.1. The maximum atomic E-state index is 10.7. The van der Waals surface area contributed by atoms with E-state index in [1.54, 1.807) is 0 Å². The van der Waals surface area contributed by atoms with Gasteiger partial charge >= 0.3 is 11.9 Å². The van der Waals surface area contributed by atoms with E-state index in [4.69, 9.17) is 20.4 Å². The van der Waals surface area contributed by atoms with Crippen LogP contribution in [0.1, 0.15) is 6.42 Å². The second-order valence-electron chi connectivity index (χ2n) is 2.32. The third-order valence-electron chi connectivity index (χ3n) is 1.37. The van der Waals surface area contributed by atoms with Crippen LogP contribution in [-0.4, -0.2) is 50.4 Å². The monoisotopic (exact) mass is 192 g/mol. The minimum absolute atomic E-state index is 1.23. The van der Waals surface area contributed by atoms with E-state index in [2.05, 4.69) is 0 Å². The highest BCUT2D eigenvalue weighted by Gasteiger charge is 2.45. The summed E-state index contributed by atoms with van der Waals surface area (Å²) in [5, 5.41) is 33.8. The van der Waals surface area contributed by atoms with E-state index >= 15 is 0 Å². The Kier molecular flexibility index (Phi) is 3.52. The number of Topliss-reactive ketones (excluding diaryl/α,β-unsaturated/α-hetero) is 1. The van der Waals surface area contributed by atoms with E-state index in [1.165, 1.54) is 0 Å². The number of ketones is 1.